The second-order valence-electron chi connectivity index (χ2n) is 9.56. The summed E-state index contributed by atoms with van der Waals surface area (Å²) in [4.78, 5) is 15.5. The minimum Gasteiger partial charge on any atom is -0.406 e. The highest BCUT2D eigenvalue weighted by molar-refractivity contribution is 5.83. The first kappa shape index (κ1) is 25.2. The fraction of sp³-hybridized carbons (Fsp3) is 0.708. The molecule has 4 rings (SSSR count). The van der Waals surface area contributed by atoms with Gasteiger partial charge in [0.2, 0.25) is 5.91 Å². The Labute approximate surface area is 197 Å². The quantitative estimate of drug-likeness (QED) is 0.617. The number of nitrogens with one attached hydrogen (secondary N) is 1. The molecule has 1 aliphatic carbocycles. The summed E-state index contributed by atoms with van der Waals surface area (Å²) < 4.78 is 53.0. The number of aliphatic hydroxyl groups is 1. The number of alkyl halides is 3. The van der Waals surface area contributed by atoms with E-state index in [0.717, 1.165) is 18.4 Å². The lowest BCUT2D eigenvalue weighted by atomic mass is 9.80. The van der Waals surface area contributed by atoms with E-state index in [1.54, 1.807) is 18.1 Å². The number of hydrogen-bond acceptors (Lipinski definition) is 6. The van der Waals surface area contributed by atoms with E-state index in [9.17, 15) is 23.1 Å². The van der Waals surface area contributed by atoms with Crippen molar-refractivity contribution >= 4 is 5.91 Å². The lowest BCUT2D eigenvalue weighted by molar-refractivity contribution is -0.274. The molecule has 1 aromatic rings. The fourth-order valence-corrected chi connectivity index (χ4v) is 5.69. The maximum Gasteiger partial charge on any atom is 0.573 e. The highest BCUT2D eigenvalue weighted by Gasteiger charge is 2.47. The molecule has 2 fully saturated rings. The average Bonchev–Trinajstić information content (AvgIpc) is 3.21. The monoisotopic (exact) mass is 486 g/mol. The van der Waals surface area contributed by atoms with Gasteiger partial charge in [0.25, 0.3) is 0 Å². The molecule has 0 spiro atoms. The molecular weight excluding hydrogens is 453 g/mol. The van der Waals surface area contributed by atoms with E-state index in [0.29, 0.717) is 51.0 Å². The third-order valence-electron chi connectivity index (χ3n) is 7.42. The van der Waals surface area contributed by atoms with Gasteiger partial charge >= 0.3 is 6.36 Å². The first-order valence-electron chi connectivity index (χ1n) is 11.9. The lowest BCUT2D eigenvalue weighted by Gasteiger charge is -2.38. The average molecular weight is 487 g/mol. The van der Waals surface area contributed by atoms with Crippen LogP contribution in [0.15, 0.2) is 18.2 Å². The predicted octanol–water partition coefficient (Wildman–Crippen LogP) is 2.78. The van der Waals surface area contributed by atoms with Gasteiger partial charge in [0.1, 0.15) is 5.75 Å². The molecule has 1 saturated heterocycles. The van der Waals surface area contributed by atoms with Crippen molar-refractivity contribution in [3.8, 4) is 5.75 Å². The number of fused-ring (bicyclic) bond motifs is 1. The van der Waals surface area contributed by atoms with Crippen molar-refractivity contribution in [2.45, 2.75) is 69.6 Å². The molecular formula is C24H33F3N2O5. The van der Waals surface area contributed by atoms with E-state index >= 15 is 0 Å². The summed E-state index contributed by atoms with van der Waals surface area (Å²) in [6.07, 6.45) is -0.944. The lowest BCUT2D eigenvalue weighted by Crippen LogP contribution is -2.51. The van der Waals surface area contributed by atoms with Crippen molar-refractivity contribution in [2.75, 3.05) is 33.5 Å². The molecule has 2 N–H and O–H groups in total. The molecule has 2 heterocycles. The second-order valence-corrected chi connectivity index (χ2v) is 9.56. The largest absolute Gasteiger partial charge is 0.573 e. The summed E-state index contributed by atoms with van der Waals surface area (Å²) in [5.41, 5.74) is 0.904. The molecule has 0 aromatic heterocycles. The summed E-state index contributed by atoms with van der Waals surface area (Å²) in [5, 5.41) is 13.4. The van der Waals surface area contributed by atoms with E-state index in [-0.39, 0.29) is 43.0 Å². The molecule has 1 amide bonds. The van der Waals surface area contributed by atoms with Crippen molar-refractivity contribution in [2.24, 2.45) is 5.41 Å². The van der Waals surface area contributed by atoms with Crippen LogP contribution in [-0.2, 0) is 27.2 Å². The van der Waals surface area contributed by atoms with E-state index in [2.05, 4.69) is 10.1 Å². The van der Waals surface area contributed by atoms with Gasteiger partial charge in [-0.2, -0.15) is 0 Å². The van der Waals surface area contributed by atoms with Gasteiger partial charge < -0.3 is 29.5 Å². The molecule has 0 bridgehead atoms. The fourth-order valence-electron chi connectivity index (χ4n) is 5.69. The van der Waals surface area contributed by atoms with Crippen LogP contribution in [-0.4, -0.2) is 73.9 Å². The number of carbonyl (C=O) groups excluding carboxylic acids is 1. The Morgan fingerprint density at radius 1 is 1.32 bits per heavy atom. The third kappa shape index (κ3) is 5.67. The molecule has 0 radical (unpaired) electrons. The normalized spacial score (nSPS) is 29.7. The number of methoxy groups -OCH3 is 1. The van der Waals surface area contributed by atoms with Crippen LogP contribution < -0.4 is 10.1 Å². The van der Waals surface area contributed by atoms with Crippen molar-refractivity contribution < 1.29 is 37.3 Å². The first-order chi connectivity index (χ1) is 16.2. The zero-order valence-corrected chi connectivity index (χ0v) is 19.4. The smallest absolute Gasteiger partial charge is 0.406 e. The van der Waals surface area contributed by atoms with Crippen molar-refractivity contribution in [1.82, 2.24) is 10.2 Å². The van der Waals surface area contributed by atoms with Gasteiger partial charge in [0.05, 0.1) is 18.1 Å². The number of halogens is 3. The van der Waals surface area contributed by atoms with E-state index in [4.69, 9.17) is 9.47 Å². The van der Waals surface area contributed by atoms with Crippen LogP contribution in [0.25, 0.3) is 0 Å². The number of rotatable bonds is 7. The van der Waals surface area contributed by atoms with Gasteiger partial charge in [-0.3, -0.25) is 4.79 Å². The molecule has 1 saturated carbocycles. The Balaban J connectivity index is 1.44. The van der Waals surface area contributed by atoms with Crippen molar-refractivity contribution in [3.63, 3.8) is 0 Å². The summed E-state index contributed by atoms with van der Waals surface area (Å²) >= 11 is 0. The highest BCUT2D eigenvalue weighted by atomic mass is 19.4. The molecule has 7 nitrogen and oxygen atoms in total. The van der Waals surface area contributed by atoms with Crippen LogP contribution in [0.5, 0.6) is 5.75 Å². The molecule has 2 unspecified atom stereocenters. The van der Waals surface area contributed by atoms with Crippen LogP contribution in [0.2, 0.25) is 0 Å². The maximum atomic E-state index is 13.7. The minimum absolute atomic E-state index is 0.0334. The molecule has 10 heteroatoms. The molecule has 34 heavy (non-hydrogen) atoms. The summed E-state index contributed by atoms with van der Waals surface area (Å²) in [6, 6.07) is 4.60. The topological polar surface area (TPSA) is 80.3 Å². The Morgan fingerprint density at radius 2 is 2.15 bits per heavy atom. The summed E-state index contributed by atoms with van der Waals surface area (Å²) in [7, 11) is 1.67. The SMILES string of the molecule is COC1COCCC1N[C@@H]1CC[C@](CCO)(C(=O)N2CCc3ccc(OC(F)(F)F)cc3C2)C1. The Bertz CT molecular complexity index is 868. The standard InChI is InChI=1S/C24H33F3N2O5/c1-32-21-15-33-11-6-20(21)28-18-4-7-23(13-18,8-10-30)22(31)29-9-5-16-2-3-19(12-17(16)14-29)34-24(25,26)27/h2-3,12,18,20-21,28,30H,4-11,13-15H2,1H3/t18-,20?,21?,23-/m1/s1. The number of aliphatic hydroxyl groups excluding tert-OH is 1. The van der Waals surface area contributed by atoms with E-state index < -0.39 is 11.8 Å². The van der Waals surface area contributed by atoms with Crippen molar-refractivity contribution in [3.05, 3.63) is 29.3 Å². The van der Waals surface area contributed by atoms with Crippen LogP contribution >= 0.6 is 0 Å². The number of nitrogens with zero attached hydrogens (tertiary/aromatic N) is 1. The first-order valence-corrected chi connectivity index (χ1v) is 11.9. The van der Waals surface area contributed by atoms with Crippen LogP contribution in [0, 0.1) is 5.41 Å². The van der Waals surface area contributed by atoms with E-state index in [1.165, 1.54) is 12.1 Å². The van der Waals surface area contributed by atoms with Crippen LogP contribution in [0.4, 0.5) is 13.2 Å². The molecule has 190 valence electrons. The predicted molar refractivity (Wildman–Crippen MR) is 117 cm³/mol. The van der Waals surface area contributed by atoms with Gasteiger partial charge in [0.15, 0.2) is 0 Å². The zero-order valence-electron chi connectivity index (χ0n) is 19.4. The summed E-state index contributed by atoms with van der Waals surface area (Å²) in [5.74, 6) is -0.311. The van der Waals surface area contributed by atoms with Gasteiger partial charge in [-0.25, -0.2) is 0 Å². The Morgan fingerprint density at radius 3 is 2.88 bits per heavy atom. The minimum atomic E-state index is -4.76. The van der Waals surface area contributed by atoms with E-state index in [1.807, 2.05) is 0 Å². The summed E-state index contributed by atoms with van der Waals surface area (Å²) in [6.45, 7) is 1.85. The number of carbonyl (C=O) groups is 1. The highest BCUT2D eigenvalue weighted by Crippen LogP contribution is 2.44. The zero-order chi connectivity index (χ0) is 24.3. The number of ether oxygens (including phenoxy) is 3. The third-order valence-corrected chi connectivity index (χ3v) is 7.42. The number of amides is 1. The van der Waals surface area contributed by atoms with Gasteiger partial charge in [-0.05, 0) is 61.8 Å². The molecule has 2 aliphatic heterocycles. The number of benzene rings is 1. The number of hydrogen-bond donors (Lipinski definition) is 2. The molecule has 4 atom stereocenters. The van der Waals surface area contributed by atoms with Crippen LogP contribution in [0.1, 0.15) is 43.2 Å². The maximum absolute atomic E-state index is 13.7. The Hall–Kier alpha value is -1.88. The Kier molecular flexibility index (Phi) is 7.71. The second kappa shape index (κ2) is 10.4. The molecule has 3 aliphatic rings. The van der Waals surface area contributed by atoms with Gasteiger partial charge in [0, 0.05) is 45.5 Å². The van der Waals surface area contributed by atoms with Crippen LogP contribution in [0.3, 0.4) is 0 Å². The van der Waals surface area contributed by atoms with Crippen molar-refractivity contribution in [1.29, 1.82) is 0 Å². The van der Waals surface area contributed by atoms with Gasteiger partial charge in [-0.1, -0.05) is 6.07 Å². The molecule has 1 aromatic carbocycles. The van der Waals surface area contributed by atoms with Gasteiger partial charge in [-0.15, -0.1) is 13.2 Å².